The number of hydrogen-bond donors (Lipinski definition) is 1. The summed E-state index contributed by atoms with van der Waals surface area (Å²) in [5, 5.41) is 3.56. The Morgan fingerprint density at radius 2 is 1.58 bits per heavy atom. The highest BCUT2D eigenvalue weighted by Gasteiger charge is 2.26. The van der Waals surface area contributed by atoms with Gasteiger partial charge >= 0.3 is 0 Å². The molecule has 1 aliphatic heterocycles. The fourth-order valence-corrected chi connectivity index (χ4v) is 3.62. The molecular weight excluding hydrogens is 236 g/mol. The number of carbonyl (C=O) groups is 1. The van der Waals surface area contributed by atoms with Crippen molar-refractivity contribution in [2.75, 3.05) is 13.1 Å². The van der Waals surface area contributed by atoms with Gasteiger partial charge in [-0.25, -0.2) is 0 Å². The minimum Gasteiger partial charge on any atom is -0.341 e. The molecule has 1 N–H and O–H groups in total. The van der Waals surface area contributed by atoms with Crippen molar-refractivity contribution in [3.05, 3.63) is 0 Å². The van der Waals surface area contributed by atoms with Crippen LogP contribution in [0.1, 0.15) is 65.2 Å². The first-order valence-corrected chi connectivity index (χ1v) is 8.23. The van der Waals surface area contributed by atoms with Crippen LogP contribution in [-0.2, 0) is 4.79 Å². The van der Waals surface area contributed by atoms with Gasteiger partial charge in [0.25, 0.3) is 0 Å². The van der Waals surface area contributed by atoms with Crippen molar-refractivity contribution in [1.82, 2.24) is 10.2 Å². The second kappa shape index (κ2) is 7.28. The maximum atomic E-state index is 12.4. The van der Waals surface area contributed by atoms with Gasteiger partial charge in [0.05, 0.1) is 6.04 Å². The highest BCUT2D eigenvalue weighted by molar-refractivity contribution is 5.81. The highest BCUT2D eigenvalue weighted by atomic mass is 16.2. The molecule has 2 aliphatic rings. The molecule has 0 spiro atoms. The normalized spacial score (nSPS) is 25.1. The van der Waals surface area contributed by atoms with Crippen molar-refractivity contribution in [1.29, 1.82) is 0 Å². The molecule has 1 saturated heterocycles. The Morgan fingerprint density at radius 1 is 1.00 bits per heavy atom. The molecular formula is C16H30N2O. The van der Waals surface area contributed by atoms with Crippen molar-refractivity contribution in [3.63, 3.8) is 0 Å². The smallest absolute Gasteiger partial charge is 0.239 e. The van der Waals surface area contributed by atoms with E-state index in [2.05, 4.69) is 17.1 Å². The summed E-state index contributed by atoms with van der Waals surface area (Å²) >= 11 is 0. The van der Waals surface area contributed by atoms with Crippen LogP contribution in [0.2, 0.25) is 0 Å². The average Bonchev–Trinajstić information content (AvgIpc) is 2.48. The molecule has 0 radical (unpaired) electrons. The second-order valence-corrected chi connectivity index (χ2v) is 6.46. The molecule has 2 unspecified atom stereocenters. The van der Waals surface area contributed by atoms with E-state index in [1.54, 1.807) is 0 Å². The van der Waals surface area contributed by atoms with Crippen LogP contribution in [-0.4, -0.2) is 36.0 Å². The lowest BCUT2D eigenvalue weighted by atomic mass is 9.84. The SMILES string of the molecule is CC(NC(C)C1CCCCC1)C(=O)N1CCCCC1. The lowest BCUT2D eigenvalue weighted by molar-refractivity contribution is -0.134. The summed E-state index contributed by atoms with van der Waals surface area (Å²) in [5.41, 5.74) is 0. The maximum absolute atomic E-state index is 12.4. The van der Waals surface area contributed by atoms with Gasteiger partial charge in [0, 0.05) is 19.1 Å². The Hall–Kier alpha value is -0.570. The number of nitrogens with one attached hydrogen (secondary N) is 1. The molecule has 2 atom stereocenters. The predicted octanol–water partition coefficient (Wildman–Crippen LogP) is 2.95. The lowest BCUT2D eigenvalue weighted by Crippen LogP contribution is -2.50. The van der Waals surface area contributed by atoms with E-state index in [0.717, 1.165) is 19.0 Å². The molecule has 0 aromatic heterocycles. The van der Waals surface area contributed by atoms with E-state index < -0.39 is 0 Å². The number of rotatable bonds is 4. The van der Waals surface area contributed by atoms with Gasteiger partial charge in [-0.2, -0.15) is 0 Å². The van der Waals surface area contributed by atoms with Crippen LogP contribution in [0.5, 0.6) is 0 Å². The number of nitrogens with zero attached hydrogens (tertiary/aromatic N) is 1. The Labute approximate surface area is 118 Å². The standard InChI is InChI=1S/C16H30N2O/c1-13(15-9-5-3-6-10-15)17-14(2)16(19)18-11-7-4-8-12-18/h13-15,17H,3-12H2,1-2H3. The maximum Gasteiger partial charge on any atom is 0.239 e. The number of carbonyl (C=O) groups excluding carboxylic acids is 1. The van der Waals surface area contributed by atoms with Crippen molar-refractivity contribution >= 4 is 5.91 Å². The fourth-order valence-electron chi connectivity index (χ4n) is 3.62. The van der Waals surface area contributed by atoms with Gasteiger partial charge in [-0.1, -0.05) is 19.3 Å². The molecule has 2 rings (SSSR count). The van der Waals surface area contributed by atoms with Crippen molar-refractivity contribution < 1.29 is 4.79 Å². The quantitative estimate of drug-likeness (QED) is 0.848. The van der Waals surface area contributed by atoms with Gasteiger partial charge in [0.15, 0.2) is 0 Å². The number of amides is 1. The van der Waals surface area contributed by atoms with E-state index in [1.165, 1.54) is 51.4 Å². The van der Waals surface area contributed by atoms with E-state index in [-0.39, 0.29) is 6.04 Å². The Bertz CT molecular complexity index is 280. The molecule has 19 heavy (non-hydrogen) atoms. The molecule has 110 valence electrons. The third-order valence-electron chi connectivity index (χ3n) is 4.91. The molecule has 1 amide bonds. The highest BCUT2D eigenvalue weighted by Crippen LogP contribution is 2.26. The van der Waals surface area contributed by atoms with Crippen LogP contribution in [0.4, 0.5) is 0 Å². The van der Waals surface area contributed by atoms with E-state index in [0.29, 0.717) is 11.9 Å². The van der Waals surface area contributed by atoms with Crippen LogP contribution >= 0.6 is 0 Å². The molecule has 0 aromatic carbocycles. The van der Waals surface area contributed by atoms with Crippen molar-refractivity contribution in [2.45, 2.75) is 77.3 Å². The summed E-state index contributed by atoms with van der Waals surface area (Å²) < 4.78 is 0. The Balaban J connectivity index is 1.78. The molecule has 3 nitrogen and oxygen atoms in total. The summed E-state index contributed by atoms with van der Waals surface area (Å²) in [7, 11) is 0. The molecule has 1 aliphatic carbocycles. The first-order valence-electron chi connectivity index (χ1n) is 8.23. The van der Waals surface area contributed by atoms with Gasteiger partial charge < -0.3 is 10.2 Å². The molecule has 2 fully saturated rings. The van der Waals surface area contributed by atoms with Gasteiger partial charge in [-0.05, 0) is 51.9 Å². The predicted molar refractivity (Wildman–Crippen MR) is 79.1 cm³/mol. The molecule has 1 heterocycles. The largest absolute Gasteiger partial charge is 0.341 e. The summed E-state index contributed by atoms with van der Waals surface area (Å²) in [6.45, 7) is 6.22. The molecule has 0 bridgehead atoms. The zero-order chi connectivity index (χ0) is 13.7. The van der Waals surface area contributed by atoms with E-state index in [9.17, 15) is 4.79 Å². The van der Waals surface area contributed by atoms with Gasteiger partial charge in [-0.3, -0.25) is 4.79 Å². The van der Waals surface area contributed by atoms with E-state index in [1.807, 2.05) is 6.92 Å². The fraction of sp³-hybridized carbons (Fsp3) is 0.938. The van der Waals surface area contributed by atoms with Crippen LogP contribution in [0, 0.1) is 5.92 Å². The van der Waals surface area contributed by atoms with Crippen molar-refractivity contribution in [2.24, 2.45) is 5.92 Å². The van der Waals surface area contributed by atoms with E-state index in [4.69, 9.17) is 0 Å². The number of likely N-dealkylation sites (tertiary alicyclic amines) is 1. The van der Waals surface area contributed by atoms with Gasteiger partial charge in [0.2, 0.25) is 5.91 Å². The first-order chi connectivity index (χ1) is 9.18. The summed E-state index contributed by atoms with van der Waals surface area (Å²) in [6, 6.07) is 0.457. The summed E-state index contributed by atoms with van der Waals surface area (Å²) in [4.78, 5) is 14.4. The van der Waals surface area contributed by atoms with Gasteiger partial charge in [0.1, 0.15) is 0 Å². The molecule has 3 heteroatoms. The molecule has 1 saturated carbocycles. The topological polar surface area (TPSA) is 32.3 Å². The zero-order valence-corrected chi connectivity index (χ0v) is 12.7. The number of hydrogen-bond acceptors (Lipinski definition) is 2. The summed E-state index contributed by atoms with van der Waals surface area (Å²) in [5.74, 6) is 1.08. The van der Waals surface area contributed by atoms with Crippen molar-refractivity contribution in [3.8, 4) is 0 Å². The van der Waals surface area contributed by atoms with Crippen LogP contribution in [0.25, 0.3) is 0 Å². The molecule has 0 aromatic rings. The monoisotopic (exact) mass is 266 g/mol. The van der Waals surface area contributed by atoms with E-state index >= 15 is 0 Å². The Kier molecular flexibility index (Phi) is 5.68. The minimum atomic E-state index is -0.0185. The second-order valence-electron chi connectivity index (χ2n) is 6.46. The van der Waals surface area contributed by atoms with Gasteiger partial charge in [-0.15, -0.1) is 0 Å². The zero-order valence-electron chi connectivity index (χ0n) is 12.7. The van der Waals surface area contributed by atoms with Crippen LogP contribution in [0.3, 0.4) is 0 Å². The minimum absolute atomic E-state index is 0.0185. The first kappa shape index (κ1) is 14.8. The Morgan fingerprint density at radius 3 is 2.21 bits per heavy atom. The van der Waals surface area contributed by atoms with Crippen LogP contribution < -0.4 is 5.32 Å². The van der Waals surface area contributed by atoms with Crippen LogP contribution in [0.15, 0.2) is 0 Å². The third-order valence-corrected chi connectivity index (χ3v) is 4.91. The average molecular weight is 266 g/mol. The third kappa shape index (κ3) is 4.20. The lowest BCUT2D eigenvalue weighted by Gasteiger charge is -2.33. The summed E-state index contributed by atoms with van der Waals surface area (Å²) in [6.07, 6.45) is 10.4. The number of piperidine rings is 1.